The van der Waals surface area contributed by atoms with Crippen LogP contribution in [0.25, 0.3) is 0 Å². The summed E-state index contributed by atoms with van der Waals surface area (Å²) < 4.78 is 0. The van der Waals surface area contributed by atoms with Crippen molar-refractivity contribution < 1.29 is 0 Å². The normalized spacial score (nSPS) is 6.25. The molecule has 0 amide bonds. The van der Waals surface area contributed by atoms with Gasteiger partial charge < -0.3 is 0 Å². The zero-order valence-electron chi connectivity index (χ0n) is 2.46. The van der Waals surface area contributed by atoms with Crippen LogP contribution in [0.2, 0.25) is 0 Å². The average Bonchev–Trinajstić information content (AvgIpc) is 0.811. The standard InChI is InChI=1S/C2H3BCl/c1-2(3)4/h1H3. The third kappa shape index (κ3) is 66.0. The Balaban J connectivity index is 2.80. The van der Waals surface area contributed by atoms with Crippen molar-refractivity contribution >= 4 is 24.0 Å². The van der Waals surface area contributed by atoms with Gasteiger partial charge in [-0.1, -0.05) is 0 Å². The van der Waals surface area contributed by atoms with Gasteiger partial charge in [-0.15, -0.1) is 0 Å². The molecule has 2 heteroatoms. The van der Waals surface area contributed by atoms with E-state index in [0.717, 1.165) is 0 Å². The second-order valence-electron chi connectivity index (χ2n) is 0.587. The molecule has 0 nitrogen and oxygen atoms in total. The van der Waals surface area contributed by atoms with Gasteiger partial charge in [-0.2, -0.15) is 0 Å². The van der Waals surface area contributed by atoms with E-state index in [1.54, 1.807) is 6.92 Å². The van der Waals surface area contributed by atoms with Crippen LogP contribution in [0.3, 0.4) is 0 Å². The van der Waals surface area contributed by atoms with Crippen LogP contribution in [0.5, 0.6) is 0 Å². The van der Waals surface area contributed by atoms with Gasteiger partial charge in [-0.25, -0.2) is 0 Å². The molecule has 0 rings (SSSR count). The number of hydrogen-bond acceptors (Lipinski definition) is 0. The Bertz CT molecular complexity index is 29.0. The Hall–Kier alpha value is 0.225. The molecule has 0 N–H and O–H groups in total. The molecule has 0 bridgehead atoms. The molecular formula is C2H3BCl. The van der Waals surface area contributed by atoms with Gasteiger partial charge in [-0.3, -0.25) is 0 Å². The fourth-order valence-electron chi connectivity index (χ4n) is 0. The summed E-state index contributed by atoms with van der Waals surface area (Å²) in [6.45, 7) is 1.63. The third-order valence-electron chi connectivity index (χ3n) is 0. The van der Waals surface area contributed by atoms with Crippen LogP contribution in [0.15, 0.2) is 0 Å². The van der Waals surface area contributed by atoms with Gasteiger partial charge >= 0.3 is 30.9 Å². The topological polar surface area (TPSA) is 0 Å². The van der Waals surface area contributed by atoms with Gasteiger partial charge in [-0.05, 0) is 0 Å². The van der Waals surface area contributed by atoms with E-state index in [1.807, 2.05) is 0 Å². The van der Waals surface area contributed by atoms with Crippen molar-refractivity contribution in [3.8, 4) is 0 Å². The van der Waals surface area contributed by atoms with Crippen molar-refractivity contribution in [3.05, 3.63) is 0 Å². The molecule has 0 aromatic carbocycles. The maximum absolute atomic E-state index is 4.97. The Morgan fingerprint density at radius 2 is 2.00 bits per heavy atom. The Kier molecular flexibility index (Phi) is 1.62. The van der Waals surface area contributed by atoms with Gasteiger partial charge in [0.15, 0.2) is 0 Å². The quantitative estimate of drug-likeness (QED) is 0.367. The van der Waals surface area contributed by atoms with Gasteiger partial charge in [0.05, 0.1) is 0 Å². The summed E-state index contributed by atoms with van der Waals surface area (Å²) in [6, 6.07) is 0. The summed E-state index contributed by atoms with van der Waals surface area (Å²) in [7, 11) is 4.79. The van der Waals surface area contributed by atoms with Crippen molar-refractivity contribution in [2.24, 2.45) is 0 Å². The predicted octanol–water partition coefficient (Wildman–Crippen LogP) is 0.543. The van der Waals surface area contributed by atoms with E-state index < -0.39 is 0 Å². The minimum atomic E-state index is 0.389. The van der Waals surface area contributed by atoms with E-state index >= 15 is 0 Å². The molecule has 0 aromatic rings. The number of halogens is 1. The first-order chi connectivity index (χ1) is 1.73. The molecule has 0 aliphatic heterocycles. The van der Waals surface area contributed by atoms with Gasteiger partial charge in [0, 0.05) is 0 Å². The second-order valence-corrected chi connectivity index (χ2v) is 1.18. The predicted molar refractivity (Wildman–Crippen MR) is 22.3 cm³/mol. The Morgan fingerprint density at radius 3 is 2.00 bits per heavy atom. The number of rotatable bonds is 0. The van der Waals surface area contributed by atoms with Crippen LogP contribution in [0.4, 0.5) is 0 Å². The van der Waals surface area contributed by atoms with Crippen molar-refractivity contribution in [3.63, 3.8) is 0 Å². The summed E-state index contributed by atoms with van der Waals surface area (Å²) in [5, 5.41) is 0. The van der Waals surface area contributed by atoms with Crippen LogP contribution < -0.4 is 0 Å². The van der Waals surface area contributed by atoms with Crippen LogP contribution in [-0.2, 0) is 0 Å². The average molecular weight is 73.3 g/mol. The minimum absolute atomic E-state index is 0.389. The van der Waals surface area contributed by atoms with Crippen molar-refractivity contribution in [2.75, 3.05) is 0 Å². The summed E-state index contributed by atoms with van der Waals surface area (Å²) in [4.78, 5) is 0.389. The van der Waals surface area contributed by atoms with Crippen LogP contribution in [0.1, 0.15) is 6.92 Å². The molecule has 0 heterocycles. The third-order valence-corrected chi connectivity index (χ3v) is 0. The molecule has 0 aliphatic carbocycles. The molecule has 4 heavy (non-hydrogen) atoms. The summed E-state index contributed by atoms with van der Waals surface area (Å²) in [5.41, 5.74) is 0. The molecule has 1 radical (unpaired) electrons. The zero-order chi connectivity index (χ0) is 3.58. The van der Waals surface area contributed by atoms with E-state index in [0.29, 0.717) is 4.92 Å². The molecule has 0 spiro atoms. The SMILES string of the molecule is [B]=C(C)Cl. The summed E-state index contributed by atoms with van der Waals surface area (Å²) in [6.07, 6.45) is 0. The zero-order valence-corrected chi connectivity index (χ0v) is 3.21. The van der Waals surface area contributed by atoms with E-state index in [2.05, 4.69) is 0 Å². The molecular weight excluding hydrogens is 70.3 g/mol. The molecule has 0 aliphatic rings. The fourth-order valence-corrected chi connectivity index (χ4v) is 0. The first-order valence-corrected chi connectivity index (χ1v) is 1.36. The van der Waals surface area contributed by atoms with Crippen LogP contribution in [0, 0.1) is 0 Å². The van der Waals surface area contributed by atoms with Gasteiger partial charge in [0.2, 0.25) is 0 Å². The molecule has 0 saturated heterocycles. The van der Waals surface area contributed by atoms with E-state index in [4.69, 9.17) is 19.1 Å². The van der Waals surface area contributed by atoms with Crippen LogP contribution in [-0.4, -0.2) is 12.4 Å². The Labute approximate surface area is 31.8 Å². The molecule has 0 fully saturated rings. The second kappa shape index (κ2) is 1.54. The van der Waals surface area contributed by atoms with Crippen LogP contribution >= 0.6 is 11.6 Å². The van der Waals surface area contributed by atoms with E-state index in [1.165, 1.54) is 0 Å². The molecule has 0 unspecified atom stereocenters. The van der Waals surface area contributed by atoms with E-state index in [9.17, 15) is 0 Å². The van der Waals surface area contributed by atoms with E-state index in [-0.39, 0.29) is 0 Å². The van der Waals surface area contributed by atoms with Crippen molar-refractivity contribution in [2.45, 2.75) is 6.92 Å². The number of hydrogen-bond donors (Lipinski definition) is 0. The molecule has 21 valence electrons. The van der Waals surface area contributed by atoms with Crippen molar-refractivity contribution in [1.82, 2.24) is 0 Å². The molecule has 0 saturated carbocycles. The van der Waals surface area contributed by atoms with Crippen molar-refractivity contribution in [1.29, 1.82) is 0 Å². The summed E-state index contributed by atoms with van der Waals surface area (Å²) >= 11 is 4.97. The van der Waals surface area contributed by atoms with Gasteiger partial charge in [0.1, 0.15) is 0 Å². The first kappa shape index (κ1) is 4.22. The Morgan fingerprint density at radius 1 is 2.00 bits per heavy atom. The van der Waals surface area contributed by atoms with Gasteiger partial charge in [0.25, 0.3) is 0 Å². The monoisotopic (exact) mass is 73.0 g/mol. The maximum atomic E-state index is 4.97. The summed E-state index contributed by atoms with van der Waals surface area (Å²) in [5.74, 6) is 0. The molecule has 0 atom stereocenters. The molecule has 0 aromatic heterocycles. The fraction of sp³-hybridized carbons (Fsp3) is 0.500. The first-order valence-electron chi connectivity index (χ1n) is 0.978.